The number of aromatic nitrogens is 2. The first-order valence-corrected chi connectivity index (χ1v) is 10.9. The summed E-state index contributed by atoms with van der Waals surface area (Å²) in [6.07, 6.45) is -0.375. The zero-order valence-corrected chi connectivity index (χ0v) is 19.8. The number of nitro groups is 1. The second kappa shape index (κ2) is 9.94. The number of carbonyl (C=O) groups excluding carboxylic acids is 3. The Kier molecular flexibility index (Phi) is 7.23. The average molecular weight is 469 g/mol. The summed E-state index contributed by atoms with van der Waals surface area (Å²) < 4.78 is 5.29. The van der Waals surface area contributed by atoms with E-state index in [-0.39, 0.29) is 60.2 Å². The zero-order valence-electron chi connectivity index (χ0n) is 19.8. The van der Waals surface area contributed by atoms with Crippen LogP contribution in [0.3, 0.4) is 0 Å². The second-order valence-corrected chi connectivity index (χ2v) is 8.44. The molecule has 11 nitrogen and oxygen atoms in total. The third kappa shape index (κ3) is 5.19. The van der Waals surface area contributed by atoms with Crippen molar-refractivity contribution in [2.75, 3.05) is 19.6 Å². The first-order valence-electron chi connectivity index (χ1n) is 10.9. The fraction of sp³-hybridized carbons (Fsp3) is 0.435. The molecular weight excluding hydrogens is 442 g/mol. The quantitative estimate of drug-likeness (QED) is 0.370. The van der Waals surface area contributed by atoms with Gasteiger partial charge in [0.05, 0.1) is 16.7 Å². The maximum atomic E-state index is 13.4. The van der Waals surface area contributed by atoms with Crippen molar-refractivity contribution in [2.24, 2.45) is 0 Å². The number of benzene rings is 1. The van der Waals surface area contributed by atoms with Crippen LogP contribution in [0, 0.1) is 24.0 Å². The predicted octanol–water partition coefficient (Wildman–Crippen LogP) is 2.55. The Morgan fingerprint density at radius 2 is 1.85 bits per heavy atom. The Morgan fingerprint density at radius 3 is 2.47 bits per heavy atom. The summed E-state index contributed by atoms with van der Waals surface area (Å²) in [7, 11) is 0. The number of esters is 1. The van der Waals surface area contributed by atoms with Crippen molar-refractivity contribution in [3.63, 3.8) is 0 Å². The van der Waals surface area contributed by atoms with Crippen LogP contribution in [0.25, 0.3) is 0 Å². The van der Waals surface area contributed by atoms with Gasteiger partial charge in [0.25, 0.3) is 17.5 Å². The average Bonchev–Trinajstić information content (AvgIpc) is 2.77. The Labute approximate surface area is 196 Å². The van der Waals surface area contributed by atoms with E-state index in [9.17, 15) is 24.5 Å². The van der Waals surface area contributed by atoms with Gasteiger partial charge in [-0.3, -0.25) is 19.7 Å². The van der Waals surface area contributed by atoms with Gasteiger partial charge in [-0.25, -0.2) is 14.8 Å². The third-order valence-corrected chi connectivity index (χ3v) is 5.43. The van der Waals surface area contributed by atoms with E-state index >= 15 is 0 Å². The molecule has 180 valence electrons. The van der Waals surface area contributed by atoms with E-state index < -0.39 is 16.8 Å². The zero-order chi connectivity index (χ0) is 25.2. The molecule has 1 atom stereocenters. The van der Waals surface area contributed by atoms with Gasteiger partial charge in [-0.05, 0) is 40.7 Å². The maximum absolute atomic E-state index is 13.4. The standard InChI is InChI=1S/C23H27N5O6/c1-13(2)34-23(31)19-15(4)24-16(5)25-20(19)22(30)26-9-10-27(14(3)12-26)21(29)17-7-6-8-18(11-17)28(32)33/h6-8,11,13-14H,9-10,12H2,1-5H3. The number of ether oxygens (including phenoxy) is 1. The SMILES string of the molecule is Cc1nc(C)c(C(=O)OC(C)C)c(C(=O)N2CCN(C(=O)c3cccc([N+](=O)[O-])c3)C(C)C2)n1. The number of amides is 2. The van der Waals surface area contributed by atoms with Crippen LogP contribution in [0.15, 0.2) is 24.3 Å². The molecule has 1 aromatic carbocycles. The lowest BCUT2D eigenvalue weighted by molar-refractivity contribution is -0.384. The summed E-state index contributed by atoms with van der Waals surface area (Å²) in [6, 6.07) is 5.20. The van der Waals surface area contributed by atoms with Crippen LogP contribution in [-0.2, 0) is 4.74 Å². The summed E-state index contributed by atoms with van der Waals surface area (Å²) in [4.78, 5) is 61.1. The van der Waals surface area contributed by atoms with Gasteiger partial charge < -0.3 is 14.5 Å². The number of nitrogens with zero attached hydrogens (tertiary/aromatic N) is 5. The van der Waals surface area contributed by atoms with E-state index in [0.717, 1.165) is 0 Å². The number of nitro benzene ring substituents is 1. The van der Waals surface area contributed by atoms with Crippen molar-refractivity contribution in [1.82, 2.24) is 19.8 Å². The molecule has 1 unspecified atom stereocenters. The Morgan fingerprint density at radius 1 is 1.15 bits per heavy atom. The Hall–Kier alpha value is -3.89. The minimum absolute atomic E-state index is 0.0266. The molecular formula is C23H27N5O6. The van der Waals surface area contributed by atoms with Crippen LogP contribution in [0.2, 0.25) is 0 Å². The number of rotatable bonds is 5. The van der Waals surface area contributed by atoms with Crippen LogP contribution >= 0.6 is 0 Å². The van der Waals surface area contributed by atoms with Gasteiger partial charge in [-0.2, -0.15) is 0 Å². The molecule has 11 heteroatoms. The van der Waals surface area contributed by atoms with E-state index in [0.29, 0.717) is 11.5 Å². The first-order chi connectivity index (χ1) is 16.0. The molecule has 1 saturated heterocycles. The molecule has 0 bridgehead atoms. The van der Waals surface area contributed by atoms with Gasteiger partial charge in [0.1, 0.15) is 17.1 Å². The molecule has 0 aliphatic carbocycles. The molecule has 1 aliphatic rings. The van der Waals surface area contributed by atoms with Crippen molar-refractivity contribution in [3.05, 3.63) is 62.7 Å². The number of non-ortho nitro benzene ring substituents is 1. The van der Waals surface area contributed by atoms with E-state index in [1.165, 1.54) is 29.2 Å². The van der Waals surface area contributed by atoms with Crippen LogP contribution in [-0.4, -0.2) is 74.3 Å². The van der Waals surface area contributed by atoms with Crippen LogP contribution in [0.1, 0.15) is 63.5 Å². The van der Waals surface area contributed by atoms with Crippen molar-refractivity contribution < 1.29 is 24.0 Å². The molecule has 2 aromatic rings. The first kappa shape index (κ1) is 24.7. The number of piperazine rings is 1. The lowest BCUT2D eigenvalue weighted by atomic mass is 10.1. The topological polar surface area (TPSA) is 136 Å². The Bertz CT molecular complexity index is 1150. The lowest BCUT2D eigenvalue weighted by Crippen LogP contribution is -2.55. The van der Waals surface area contributed by atoms with Gasteiger partial charge in [0, 0.05) is 43.4 Å². The molecule has 0 N–H and O–H groups in total. The van der Waals surface area contributed by atoms with Gasteiger partial charge in [0.15, 0.2) is 0 Å². The largest absolute Gasteiger partial charge is 0.459 e. The molecule has 1 fully saturated rings. The summed E-state index contributed by atoms with van der Waals surface area (Å²) in [6.45, 7) is 9.12. The minimum Gasteiger partial charge on any atom is -0.459 e. The molecule has 3 rings (SSSR count). The number of carbonyl (C=O) groups is 3. The number of aryl methyl sites for hydroxylation is 2. The van der Waals surface area contributed by atoms with Crippen LogP contribution in [0.4, 0.5) is 5.69 Å². The summed E-state index contributed by atoms with van der Waals surface area (Å²) >= 11 is 0. The van der Waals surface area contributed by atoms with E-state index in [4.69, 9.17) is 4.74 Å². The van der Waals surface area contributed by atoms with Crippen molar-refractivity contribution in [1.29, 1.82) is 0 Å². The summed E-state index contributed by atoms with van der Waals surface area (Å²) in [5, 5.41) is 11.0. The summed E-state index contributed by atoms with van der Waals surface area (Å²) in [5.74, 6) is -1.10. The predicted molar refractivity (Wildman–Crippen MR) is 122 cm³/mol. The Balaban J connectivity index is 1.81. The number of hydrogen-bond acceptors (Lipinski definition) is 8. The van der Waals surface area contributed by atoms with E-state index in [2.05, 4.69) is 9.97 Å². The minimum atomic E-state index is -0.664. The van der Waals surface area contributed by atoms with Gasteiger partial charge in [-0.1, -0.05) is 6.07 Å². The maximum Gasteiger partial charge on any atom is 0.342 e. The molecule has 1 aliphatic heterocycles. The van der Waals surface area contributed by atoms with E-state index in [1.807, 2.05) is 0 Å². The molecule has 1 aromatic heterocycles. The molecule has 0 spiro atoms. The van der Waals surface area contributed by atoms with Gasteiger partial charge in [-0.15, -0.1) is 0 Å². The third-order valence-electron chi connectivity index (χ3n) is 5.43. The van der Waals surface area contributed by atoms with Gasteiger partial charge in [0.2, 0.25) is 0 Å². The fourth-order valence-electron chi connectivity index (χ4n) is 3.90. The fourth-order valence-corrected chi connectivity index (χ4v) is 3.90. The highest BCUT2D eigenvalue weighted by Gasteiger charge is 2.34. The van der Waals surface area contributed by atoms with Crippen LogP contribution < -0.4 is 0 Å². The van der Waals surface area contributed by atoms with Crippen molar-refractivity contribution >= 4 is 23.5 Å². The molecule has 0 saturated carbocycles. The summed E-state index contributed by atoms with van der Waals surface area (Å²) in [5.41, 5.74) is 0.409. The smallest absolute Gasteiger partial charge is 0.342 e. The van der Waals surface area contributed by atoms with Crippen molar-refractivity contribution in [2.45, 2.75) is 46.8 Å². The normalized spacial score (nSPS) is 15.9. The number of hydrogen-bond donors (Lipinski definition) is 0. The van der Waals surface area contributed by atoms with E-state index in [1.54, 1.807) is 39.5 Å². The monoisotopic (exact) mass is 469 g/mol. The van der Waals surface area contributed by atoms with Crippen molar-refractivity contribution in [3.8, 4) is 0 Å². The molecule has 2 amide bonds. The molecule has 2 heterocycles. The molecule has 34 heavy (non-hydrogen) atoms. The van der Waals surface area contributed by atoms with Gasteiger partial charge >= 0.3 is 5.97 Å². The molecule has 0 radical (unpaired) electrons. The second-order valence-electron chi connectivity index (χ2n) is 8.44. The highest BCUT2D eigenvalue weighted by Crippen LogP contribution is 2.21. The highest BCUT2D eigenvalue weighted by atomic mass is 16.6. The lowest BCUT2D eigenvalue weighted by Gasteiger charge is -2.40. The highest BCUT2D eigenvalue weighted by molar-refractivity contribution is 6.04. The van der Waals surface area contributed by atoms with Crippen LogP contribution in [0.5, 0.6) is 0 Å².